The smallest absolute Gasteiger partial charge is 0.226 e. The van der Waals surface area contributed by atoms with Crippen molar-refractivity contribution >= 4 is 23.2 Å². The largest absolute Gasteiger partial charge is 0.352 e. The second kappa shape index (κ2) is 6.50. The van der Waals surface area contributed by atoms with Gasteiger partial charge in [0.25, 0.3) is 0 Å². The van der Waals surface area contributed by atoms with Crippen LogP contribution in [0.5, 0.6) is 0 Å². The van der Waals surface area contributed by atoms with E-state index in [0.717, 1.165) is 4.88 Å². The third kappa shape index (κ3) is 3.27. The zero-order valence-corrected chi connectivity index (χ0v) is 13.5. The number of thiophene rings is 1. The fraction of sp³-hybridized carbons (Fsp3) is 0.294. The van der Waals surface area contributed by atoms with Crippen LogP contribution in [0.4, 0.5) is 4.39 Å². The highest BCUT2D eigenvalue weighted by atomic mass is 32.1. The Bertz CT molecular complexity index is 717. The van der Waals surface area contributed by atoms with E-state index < -0.39 is 5.92 Å². The third-order valence-electron chi connectivity index (χ3n) is 4.11. The number of hydrogen-bond donors (Lipinski definition) is 1. The lowest BCUT2D eigenvalue weighted by molar-refractivity contribution is -0.128. The fourth-order valence-electron chi connectivity index (χ4n) is 2.92. The quantitative estimate of drug-likeness (QED) is 0.936. The number of nitrogens with zero attached hydrogens (tertiary/aromatic N) is 1. The van der Waals surface area contributed by atoms with Crippen molar-refractivity contribution in [2.45, 2.75) is 19.0 Å². The monoisotopic (exact) mass is 332 g/mol. The summed E-state index contributed by atoms with van der Waals surface area (Å²) < 4.78 is 13.2. The van der Waals surface area contributed by atoms with Crippen LogP contribution >= 0.6 is 11.3 Å². The Hall–Kier alpha value is -2.21. The average molecular weight is 332 g/mol. The van der Waals surface area contributed by atoms with Gasteiger partial charge in [0.2, 0.25) is 11.8 Å². The standard InChI is InChI=1S/C17H17FN2O2S/c1-20-15(21)9-13(16(20)14-6-3-7-23-14)17(22)19-10-11-4-2-5-12(18)8-11/h2-8,13,16H,9-10H2,1H3,(H,19,22)/t13-,16-/m1/s1. The number of halogens is 1. The summed E-state index contributed by atoms with van der Waals surface area (Å²) in [4.78, 5) is 27.2. The van der Waals surface area contributed by atoms with Crippen LogP contribution in [0.1, 0.15) is 22.9 Å². The first-order valence-electron chi connectivity index (χ1n) is 7.37. The SMILES string of the molecule is CN1C(=O)C[C@@H](C(=O)NCc2cccc(F)c2)[C@@H]1c1cccs1. The summed E-state index contributed by atoms with van der Waals surface area (Å²) in [5.41, 5.74) is 0.698. The molecule has 6 heteroatoms. The highest BCUT2D eigenvalue weighted by Crippen LogP contribution is 2.39. The molecular formula is C17H17FN2O2S. The number of carbonyl (C=O) groups excluding carboxylic acids is 2. The first-order chi connectivity index (χ1) is 11.1. The van der Waals surface area contributed by atoms with Crippen molar-refractivity contribution in [3.8, 4) is 0 Å². The van der Waals surface area contributed by atoms with Gasteiger partial charge in [0.1, 0.15) is 5.82 Å². The third-order valence-corrected chi connectivity index (χ3v) is 5.06. The summed E-state index contributed by atoms with van der Waals surface area (Å²) in [5, 5.41) is 4.76. The molecule has 1 aliphatic rings. The van der Waals surface area contributed by atoms with Gasteiger partial charge in [-0.25, -0.2) is 4.39 Å². The molecule has 0 spiro atoms. The van der Waals surface area contributed by atoms with Gasteiger partial charge in [0.15, 0.2) is 0 Å². The summed E-state index contributed by atoms with van der Waals surface area (Å²) in [7, 11) is 1.73. The molecule has 1 saturated heterocycles. The molecule has 0 bridgehead atoms. The molecule has 0 aliphatic carbocycles. The van der Waals surface area contributed by atoms with Gasteiger partial charge in [-0.05, 0) is 29.1 Å². The van der Waals surface area contributed by atoms with Gasteiger partial charge in [-0.15, -0.1) is 11.3 Å². The van der Waals surface area contributed by atoms with Crippen LogP contribution in [0.2, 0.25) is 0 Å². The summed E-state index contributed by atoms with van der Waals surface area (Å²) in [6, 6.07) is 9.75. The van der Waals surface area contributed by atoms with Crippen molar-refractivity contribution in [2.24, 2.45) is 5.92 Å². The molecule has 2 amide bonds. The van der Waals surface area contributed by atoms with Gasteiger partial charge in [-0.3, -0.25) is 9.59 Å². The lowest BCUT2D eigenvalue weighted by Gasteiger charge is -2.23. The van der Waals surface area contributed by atoms with E-state index in [0.29, 0.717) is 5.56 Å². The van der Waals surface area contributed by atoms with Gasteiger partial charge in [0, 0.05) is 24.9 Å². The zero-order chi connectivity index (χ0) is 16.4. The van der Waals surface area contributed by atoms with E-state index in [1.165, 1.54) is 12.1 Å². The minimum absolute atomic E-state index is 0.0331. The van der Waals surface area contributed by atoms with Crippen LogP contribution in [0.3, 0.4) is 0 Å². The molecule has 1 N–H and O–H groups in total. The summed E-state index contributed by atoms with van der Waals surface area (Å²) >= 11 is 1.54. The highest BCUT2D eigenvalue weighted by molar-refractivity contribution is 7.10. The molecular weight excluding hydrogens is 315 g/mol. The molecule has 1 aromatic carbocycles. The van der Waals surface area contributed by atoms with E-state index in [2.05, 4.69) is 5.32 Å². The second-order valence-electron chi connectivity index (χ2n) is 5.62. The molecule has 23 heavy (non-hydrogen) atoms. The summed E-state index contributed by atoms with van der Waals surface area (Å²) in [6.07, 6.45) is 0.202. The van der Waals surface area contributed by atoms with Gasteiger partial charge >= 0.3 is 0 Å². The zero-order valence-electron chi connectivity index (χ0n) is 12.7. The Balaban J connectivity index is 1.71. The van der Waals surface area contributed by atoms with Gasteiger partial charge < -0.3 is 10.2 Å². The topological polar surface area (TPSA) is 49.4 Å². The van der Waals surface area contributed by atoms with Crippen molar-refractivity contribution in [2.75, 3.05) is 7.05 Å². The number of rotatable bonds is 4. The van der Waals surface area contributed by atoms with Crippen molar-refractivity contribution in [1.29, 1.82) is 0 Å². The Morgan fingerprint density at radius 3 is 2.91 bits per heavy atom. The number of benzene rings is 1. The molecule has 120 valence electrons. The van der Waals surface area contributed by atoms with Crippen LogP contribution in [0.15, 0.2) is 41.8 Å². The predicted molar refractivity (Wildman–Crippen MR) is 86.2 cm³/mol. The lowest BCUT2D eigenvalue weighted by Crippen LogP contribution is -2.33. The maximum Gasteiger partial charge on any atom is 0.226 e. The van der Waals surface area contributed by atoms with Gasteiger partial charge in [-0.1, -0.05) is 18.2 Å². The van der Waals surface area contributed by atoms with Gasteiger partial charge in [0.05, 0.1) is 12.0 Å². The van der Waals surface area contributed by atoms with E-state index in [1.54, 1.807) is 35.4 Å². The molecule has 0 unspecified atom stereocenters. The Morgan fingerprint density at radius 2 is 2.22 bits per heavy atom. The lowest BCUT2D eigenvalue weighted by atomic mass is 9.98. The summed E-state index contributed by atoms with van der Waals surface area (Å²) in [5.74, 6) is -0.955. The molecule has 3 rings (SSSR count). The maximum atomic E-state index is 13.2. The number of hydrogen-bond acceptors (Lipinski definition) is 3. The van der Waals surface area contributed by atoms with Crippen molar-refractivity contribution in [3.05, 3.63) is 58.0 Å². The molecule has 0 saturated carbocycles. The molecule has 0 radical (unpaired) electrons. The first kappa shape index (κ1) is 15.7. The number of amides is 2. The number of likely N-dealkylation sites (tertiary alicyclic amines) is 1. The van der Waals surface area contributed by atoms with E-state index in [4.69, 9.17) is 0 Å². The number of nitrogens with one attached hydrogen (secondary N) is 1. The second-order valence-corrected chi connectivity index (χ2v) is 6.60. The van der Waals surface area contributed by atoms with E-state index >= 15 is 0 Å². The highest BCUT2D eigenvalue weighted by Gasteiger charge is 2.43. The Morgan fingerprint density at radius 1 is 1.39 bits per heavy atom. The average Bonchev–Trinajstić information content (AvgIpc) is 3.14. The minimum Gasteiger partial charge on any atom is -0.352 e. The van der Waals surface area contributed by atoms with Crippen LogP contribution < -0.4 is 5.32 Å². The van der Waals surface area contributed by atoms with E-state index in [9.17, 15) is 14.0 Å². The van der Waals surface area contributed by atoms with Crippen molar-refractivity contribution in [3.63, 3.8) is 0 Å². The van der Waals surface area contributed by atoms with Crippen molar-refractivity contribution < 1.29 is 14.0 Å². The van der Waals surface area contributed by atoms with Crippen LogP contribution in [0.25, 0.3) is 0 Å². The maximum absolute atomic E-state index is 13.2. The molecule has 4 nitrogen and oxygen atoms in total. The molecule has 1 fully saturated rings. The Labute approximate surface area is 137 Å². The van der Waals surface area contributed by atoms with Crippen molar-refractivity contribution in [1.82, 2.24) is 10.2 Å². The minimum atomic E-state index is -0.417. The Kier molecular flexibility index (Phi) is 4.43. The molecule has 1 aromatic heterocycles. The van der Waals surface area contributed by atoms with Crippen LogP contribution in [-0.2, 0) is 16.1 Å². The molecule has 2 aromatic rings. The normalized spacial score (nSPS) is 20.8. The molecule has 1 aliphatic heterocycles. The van der Waals surface area contributed by atoms with E-state index in [1.807, 2.05) is 17.5 Å². The fourth-order valence-corrected chi connectivity index (χ4v) is 3.85. The molecule has 2 atom stereocenters. The predicted octanol–water partition coefficient (Wildman–Crippen LogP) is 2.72. The van der Waals surface area contributed by atoms with Crippen LogP contribution in [0, 0.1) is 11.7 Å². The number of carbonyl (C=O) groups is 2. The van der Waals surface area contributed by atoms with Gasteiger partial charge in [-0.2, -0.15) is 0 Å². The summed E-state index contributed by atoms with van der Waals surface area (Å²) in [6.45, 7) is 0.252. The molecule has 2 heterocycles. The van der Waals surface area contributed by atoms with E-state index in [-0.39, 0.29) is 36.6 Å². The first-order valence-corrected chi connectivity index (χ1v) is 8.25. The van der Waals surface area contributed by atoms with Crippen LogP contribution in [-0.4, -0.2) is 23.8 Å².